The second-order valence-corrected chi connectivity index (χ2v) is 8.37. The van der Waals surface area contributed by atoms with Gasteiger partial charge in [0.25, 0.3) is 0 Å². The van der Waals surface area contributed by atoms with E-state index in [4.69, 9.17) is 4.74 Å². The van der Waals surface area contributed by atoms with E-state index in [1.165, 1.54) is 19.3 Å². The number of hydrazine groups is 1. The van der Waals surface area contributed by atoms with Crippen molar-refractivity contribution in [1.29, 1.82) is 0 Å². The lowest BCUT2D eigenvalue weighted by atomic mass is 9.49. The van der Waals surface area contributed by atoms with E-state index in [1.54, 1.807) is 6.92 Å². The van der Waals surface area contributed by atoms with Crippen molar-refractivity contribution in [3.8, 4) is 0 Å². The SMILES string of the molecule is CCOC(=O)NNC(=O)C12CC3CC(CC(Br)(C3)C1)C2. The molecule has 2 unspecified atom stereocenters. The summed E-state index contributed by atoms with van der Waals surface area (Å²) < 4.78 is 4.89. The number of carbonyl (C=O) groups is 2. The predicted octanol–water partition coefficient (Wildman–Crippen LogP) is 2.50. The van der Waals surface area contributed by atoms with Crippen LogP contribution in [-0.4, -0.2) is 22.9 Å². The lowest BCUT2D eigenvalue weighted by molar-refractivity contribution is -0.145. The lowest BCUT2D eigenvalue weighted by Crippen LogP contribution is -2.60. The van der Waals surface area contributed by atoms with Crippen molar-refractivity contribution in [2.75, 3.05) is 6.61 Å². The van der Waals surface area contributed by atoms with Crippen LogP contribution in [0.1, 0.15) is 45.4 Å². The van der Waals surface area contributed by atoms with Gasteiger partial charge in [0, 0.05) is 4.32 Å². The fourth-order valence-electron chi connectivity index (χ4n) is 4.82. The van der Waals surface area contributed by atoms with E-state index in [0.29, 0.717) is 18.4 Å². The molecule has 2 atom stereocenters. The van der Waals surface area contributed by atoms with Crippen molar-refractivity contribution < 1.29 is 14.3 Å². The summed E-state index contributed by atoms with van der Waals surface area (Å²) >= 11 is 3.87. The van der Waals surface area contributed by atoms with Gasteiger partial charge in [-0.1, -0.05) is 15.9 Å². The third-order valence-electron chi connectivity index (χ3n) is 5.02. The number of halogens is 1. The molecular formula is C14H21BrN2O3. The predicted molar refractivity (Wildman–Crippen MR) is 77.1 cm³/mol. The minimum atomic E-state index is -0.598. The van der Waals surface area contributed by atoms with Crippen LogP contribution in [0.4, 0.5) is 4.79 Å². The first-order valence-corrected chi connectivity index (χ1v) is 8.16. The maximum atomic E-state index is 12.5. The van der Waals surface area contributed by atoms with Crippen LogP contribution < -0.4 is 10.9 Å². The van der Waals surface area contributed by atoms with Crippen LogP contribution >= 0.6 is 15.9 Å². The van der Waals surface area contributed by atoms with E-state index in [-0.39, 0.29) is 15.6 Å². The van der Waals surface area contributed by atoms with Gasteiger partial charge in [-0.2, -0.15) is 0 Å². The van der Waals surface area contributed by atoms with E-state index in [1.807, 2.05) is 0 Å². The summed E-state index contributed by atoms with van der Waals surface area (Å²) in [7, 11) is 0. The molecule has 0 saturated heterocycles. The van der Waals surface area contributed by atoms with Crippen molar-refractivity contribution >= 4 is 27.9 Å². The summed E-state index contributed by atoms with van der Waals surface area (Å²) in [4.78, 5) is 23.8. The smallest absolute Gasteiger partial charge is 0.426 e. The van der Waals surface area contributed by atoms with Crippen molar-refractivity contribution in [2.45, 2.75) is 49.8 Å². The van der Waals surface area contributed by atoms with Crippen LogP contribution in [0, 0.1) is 17.3 Å². The van der Waals surface area contributed by atoms with Crippen LogP contribution in [0.2, 0.25) is 0 Å². The molecule has 0 aromatic carbocycles. The van der Waals surface area contributed by atoms with Gasteiger partial charge in [0.1, 0.15) is 0 Å². The number of rotatable bonds is 2. The average Bonchev–Trinajstić information content (AvgIpc) is 2.33. The van der Waals surface area contributed by atoms with Crippen molar-refractivity contribution in [2.24, 2.45) is 17.3 Å². The summed E-state index contributed by atoms with van der Waals surface area (Å²) in [5.74, 6) is 1.23. The van der Waals surface area contributed by atoms with E-state index >= 15 is 0 Å². The molecule has 0 spiro atoms. The van der Waals surface area contributed by atoms with E-state index in [9.17, 15) is 9.59 Å². The number of carbonyl (C=O) groups excluding carboxylic acids is 2. The fraction of sp³-hybridized carbons (Fsp3) is 0.857. The monoisotopic (exact) mass is 344 g/mol. The van der Waals surface area contributed by atoms with E-state index < -0.39 is 6.09 Å². The van der Waals surface area contributed by atoms with Crippen LogP contribution in [-0.2, 0) is 9.53 Å². The molecule has 0 aromatic heterocycles. The molecule has 20 heavy (non-hydrogen) atoms. The highest BCUT2D eigenvalue weighted by atomic mass is 79.9. The normalized spacial score (nSPS) is 41.3. The van der Waals surface area contributed by atoms with Crippen LogP contribution in [0.5, 0.6) is 0 Å². The second-order valence-electron chi connectivity index (χ2n) is 6.69. The van der Waals surface area contributed by atoms with Crippen LogP contribution in [0.25, 0.3) is 0 Å². The molecular weight excluding hydrogens is 324 g/mol. The number of ether oxygens (including phenoxy) is 1. The summed E-state index contributed by atoms with van der Waals surface area (Å²) in [6.07, 6.45) is 5.81. The first kappa shape index (κ1) is 14.2. The summed E-state index contributed by atoms with van der Waals surface area (Å²) in [6.45, 7) is 2.02. The van der Waals surface area contributed by atoms with Gasteiger partial charge < -0.3 is 4.74 Å². The summed E-state index contributed by atoms with van der Waals surface area (Å²) in [5.41, 5.74) is 4.59. The molecule has 0 aromatic rings. The Morgan fingerprint density at radius 3 is 2.40 bits per heavy atom. The minimum Gasteiger partial charge on any atom is -0.449 e. The molecule has 0 heterocycles. The lowest BCUT2D eigenvalue weighted by Gasteiger charge is -2.59. The van der Waals surface area contributed by atoms with Gasteiger partial charge in [-0.05, 0) is 57.3 Å². The zero-order chi connectivity index (χ0) is 14.4. The number of amides is 2. The molecule has 4 aliphatic rings. The standard InChI is InChI=1S/C14H21BrN2O3/c1-2-20-12(19)17-16-11(18)13-4-9-3-10(5-13)7-14(15,6-9)8-13/h9-10H,2-8H2,1H3,(H,16,18)(H,17,19). The molecule has 4 aliphatic carbocycles. The maximum Gasteiger partial charge on any atom is 0.426 e. The second kappa shape index (κ2) is 4.90. The molecule has 4 fully saturated rings. The van der Waals surface area contributed by atoms with Gasteiger partial charge in [0.05, 0.1) is 12.0 Å². The van der Waals surface area contributed by atoms with Gasteiger partial charge in [-0.3, -0.25) is 10.2 Å². The third kappa shape index (κ3) is 2.43. The Hall–Kier alpha value is -0.780. The quantitative estimate of drug-likeness (QED) is 0.597. The Bertz CT molecular complexity index is 426. The Balaban J connectivity index is 1.67. The first-order valence-electron chi connectivity index (χ1n) is 7.37. The summed E-state index contributed by atoms with van der Waals surface area (Å²) in [6, 6.07) is 0. The van der Waals surface area contributed by atoms with Crippen LogP contribution in [0.3, 0.4) is 0 Å². The molecule has 112 valence electrons. The molecule has 4 rings (SSSR count). The molecule has 2 amide bonds. The molecule has 4 saturated carbocycles. The van der Waals surface area contributed by atoms with E-state index in [2.05, 4.69) is 26.8 Å². The van der Waals surface area contributed by atoms with Gasteiger partial charge in [0.2, 0.25) is 5.91 Å². The summed E-state index contributed by atoms with van der Waals surface area (Å²) in [5, 5.41) is 0. The Kier molecular flexibility index (Phi) is 3.47. The highest BCUT2D eigenvalue weighted by molar-refractivity contribution is 9.10. The minimum absolute atomic E-state index is 0.0523. The Morgan fingerprint density at radius 1 is 1.20 bits per heavy atom. The van der Waals surface area contributed by atoms with E-state index in [0.717, 1.165) is 19.3 Å². The van der Waals surface area contributed by atoms with Gasteiger partial charge in [0.15, 0.2) is 0 Å². The number of hydrogen-bond donors (Lipinski definition) is 2. The number of alkyl halides is 1. The molecule has 4 bridgehead atoms. The highest BCUT2D eigenvalue weighted by Gasteiger charge is 2.59. The topological polar surface area (TPSA) is 67.4 Å². The van der Waals surface area contributed by atoms with Crippen molar-refractivity contribution in [3.63, 3.8) is 0 Å². The Labute approximate surface area is 127 Å². The highest BCUT2D eigenvalue weighted by Crippen LogP contribution is 2.64. The fourth-order valence-corrected chi connectivity index (χ4v) is 6.28. The third-order valence-corrected chi connectivity index (χ3v) is 5.95. The van der Waals surface area contributed by atoms with Crippen molar-refractivity contribution in [3.05, 3.63) is 0 Å². The number of hydrogen-bond acceptors (Lipinski definition) is 3. The van der Waals surface area contributed by atoms with Gasteiger partial charge >= 0.3 is 6.09 Å². The molecule has 5 nitrogen and oxygen atoms in total. The maximum absolute atomic E-state index is 12.5. The number of nitrogens with one attached hydrogen (secondary N) is 2. The average molecular weight is 345 g/mol. The van der Waals surface area contributed by atoms with Crippen molar-refractivity contribution in [1.82, 2.24) is 10.9 Å². The first-order chi connectivity index (χ1) is 9.45. The van der Waals surface area contributed by atoms with Gasteiger partial charge in [-0.15, -0.1) is 0 Å². The molecule has 0 aliphatic heterocycles. The molecule has 2 N–H and O–H groups in total. The zero-order valence-corrected chi connectivity index (χ0v) is 13.3. The molecule has 6 heteroatoms. The zero-order valence-electron chi connectivity index (χ0n) is 11.7. The Morgan fingerprint density at radius 2 is 1.85 bits per heavy atom. The largest absolute Gasteiger partial charge is 0.449 e. The molecule has 0 radical (unpaired) electrons. The van der Waals surface area contributed by atoms with Crippen LogP contribution in [0.15, 0.2) is 0 Å². The van der Waals surface area contributed by atoms with Gasteiger partial charge in [-0.25, -0.2) is 10.2 Å².